The molecule has 1 rings (SSSR count). The summed E-state index contributed by atoms with van der Waals surface area (Å²) < 4.78 is 72.8. The molecule has 0 heterocycles. The lowest BCUT2D eigenvalue weighted by molar-refractivity contribution is -0.137. The van der Waals surface area contributed by atoms with E-state index in [0.29, 0.717) is 0 Å². The van der Waals surface area contributed by atoms with Gasteiger partial charge >= 0.3 is 12.4 Å². The molecule has 20 heavy (non-hydrogen) atoms. The molecule has 1 aromatic carbocycles. The average molecular weight is 300 g/mol. The van der Waals surface area contributed by atoms with Crippen LogP contribution in [0.25, 0.3) is 0 Å². The van der Waals surface area contributed by atoms with Crippen LogP contribution in [-0.2, 0) is 6.18 Å². The number of halogens is 6. The van der Waals surface area contributed by atoms with E-state index in [0.717, 1.165) is 12.1 Å². The second kappa shape index (κ2) is 6.23. The molecule has 0 aromatic heterocycles. The van der Waals surface area contributed by atoms with Gasteiger partial charge in [-0.2, -0.15) is 26.3 Å². The van der Waals surface area contributed by atoms with Gasteiger partial charge in [0.1, 0.15) is 0 Å². The lowest BCUT2D eigenvalue weighted by Gasteiger charge is -2.12. The Kier molecular flexibility index (Phi) is 5.13. The van der Waals surface area contributed by atoms with Crippen LogP contribution in [0.5, 0.6) is 0 Å². The Morgan fingerprint density at radius 3 is 2.15 bits per heavy atom. The van der Waals surface area contributed by atoms with E-state index in [-0.39, 0.29) is 30.8 Å². The van der Waals surface area contributed by atoms with Crippen molar-refractivity contribution in [3.05, 3.63) is 23.8 Å². The van der Waals surface area contributed by atoms with Gasteiger partial charge in [0.05, 0.1) is 16.9 Å². The van der Waals surface area contributed by atoms with Crippen molar-refractivity contribution in [2.24, 2.45) is 0 Å². The summed E-state index contributed by atoms with van der Waals surface area (Å²) in [7, 11) is 0. The molecular weight excluding hydrogens is 286 g/mol. The lowest BCUT2D eigenvalue weighted by Crippen LogP contribution is -2.10. The number of hydrogen-bond acceptors (Lipinski definition) is 2. The van der Waals surface area contributed by atoms with Crippen LogP contribution in [-0.4, -0.2) is 12.7 Å². The highest BCUT2D eigenvalue weighted by Crippen LogP contribution is 2.32. The van der Waals surface area contributed by atoms with Crippen molar-refractivity contribution in [1.82, 2.24) is 0 Å². The predicted octanol–water partition coefficient (Wildman–Crippen LogP) is 4.43. The van der Waals surface area contributed by atoms with Crippen LogP contribution in [0, 0.1) is 0 Å². The number of nitrogens with one attached hydrogen (secondary N) is 1. The number of hydrogen-bond donors (Lipinski definition) is 2. The monoisotopic (exact) mass is 300 g/mol. The third kappa shape index (κ3) is 5.58. The first-order valence-corrected chi connectivity index (χ1v) is 5.87. The first-order chi connectivity index (χ1) is 9.09. The van der Waals surface area contributed by atoms with Crippen molar-refractivity contribution < 1.29 is 26.3 Å². The van der Waals surface area contributed by atoms with E-state index in [2.05, 4.69) is 5.32 Å². The van der Waals surface area contributed by atoms with Gasteiger partial charge in [-0.25, -0.2) is 0 Å². The quantitative estimate of drug-likeness (QED) is 0.479. The van der Waals surface area contributed by atoms with E-state index in [4.69, 9.17) is 5.73 Å². The lowest BCUT2D eigenvalue weighted by atomic mass is 10.1. The molecule has 114 valence electrons. The van der Waals surface area contributed by atoms with E-state index < -0.39 is 24.3 Å². The van der Waals surface area contributed by atoms with Crippen molar-refractivity contribution in [3.63, 3.8) is 0 Å². The molecule has 0 aliphatic heterocycles. The largest absolute Gasteiger partial charge is 0.416 e. The second-order valence-corrected chi connectivity index (χ2v) is 4.30. The van der Waals surface area contributed by atoms with Crippen LogP contribution in [0.15, 0.2) is 18.2 Å². The van der Waals surface area contributed by atoms with Crippen LogP contribution < -0.4 is 11.1 Å². The molecule has 8 heteroatoms. The van der Waals surface area contributed by atoms with Crippen molar-refractivity contribution in [2.75, 3.05) is 17.6 Å². The molecule has 0 aliphatic rings. The third-order valence-electron chi connectivity index (χ3n) is 2.58. The minimum atomic E-state index is -4.47. The summed E-state index contributed by atoms with van der Waals surface area (Å²) >= 11 is 0. The number of rotatable bonds is 5. The van der Waals surface area contributed by atoms with Crippen molar-refractivity contribution in [1.29, 1.82) is 0 Å². The smallest absolute Gasteiger partial charge is 0.397 e. The maximum atomic E-state index is 12.4. The fourth-order valence-electron chi connectivity index (χ4n) is 1.57. The Balaban J connectivity index is 2.46. The highest BCUT2D eigenvalue weighted by atomic mass is 19.4. The number of benzene rings is 1. The number of nitrogens with two attached hydrogens (primary N) is 1. The molecule has 0 unspecified atom stereocenters. The zero-order chi connectivity index (χ0) is 15.4. The van der Waals surface area contributed by atoms with E-state index >= 15 is 0 Å². The van der Waals surface area contributed by atoms with Crippen molar-refractivity contribution in [2.45, 2.75) is 31.6 Å². The molecular formula is C12H14F6N2. The van der Waals surface area contributed by atoms with Crippen LogP contribution in [0.2, 0.25) is 0 Å². The fraction of sp³-hybridized carbons (Fsp3) is 0.500. The molecule has 0 bridgehead atoms. The fourth-order valence-corrected chi connectivity index (χ4v) is 1.57. The van der Waals surface area contributed by atoms with Crippen molar-refractivity contribution in [3.8, 4) is 0 Å². The molecule has 0 fully saturated rings. The summed E-state index contributed by atoms with van der Waals surface area (Å²) in [5, 5.41) is 2.72. The summed E-state index contributed by atoms with van der Waals surface area (Å²) in [5.74, 6) is 0. The number of unbranched alkanes of at least 4 members (excludes halogenated alkanes) is 1. The summed E-state index contributed by atoms with van der Waals surface area (Å²) in [6.07, 6.45) is -9.33. The van der Waals surface area contributed by atoms with Gasteiger partial charge in [-0.1, -0.05) is 0 Å². The molecule has 0 aliphatic carbocycles. The van der Waals surface area contributed by atoms with E-state index in [9.17, 15) is 26.3 Å². The van der Waals surface area contributed by atoms with Gasteiger partial charge in [0.15, 0.2) is 0 Å². The number of anilines is 2. The Bertz CT molecular complexity index is 439. The highest BCUT2D eigenvalue weighted by Gasteiger charge is 2.30. The molecule has 0 atom stereocenters. The van der Waals surface area contributed by atoms with Gasteiger partial charge < -0.3 is 11.1 Å². The summed E-state index contributed by atoms with van der Waals surface area (Å²) in [5.41, 5.74) is 4.79. The molecule has 0 amide bonds. The zero-order valence-corrected chi connectivity index (χ0v) is 10.4. The highest BCUT2D eigenvalue weighted by molar-refractivity contribution is 5.67. The molecule has 0 radical (unpaired) electrons. The van der Waals surface area contributed by atoms with Crippen LogP contribution in [0.3, 0.4) is 0 Å². The first kappa shape index (κ1) is 16.5. The minimum Gasteiger partial charge on any atom is -0.397 e. The Hall–Kier alpha value is -1.60. The van der Waals surface area contributed by atoms with Gasteiger partial charge in [0.25, 0.3) is 0 Å². The summed E-state index contributed by atoms with van der Waals surface area (Å²) in [6, 6.07) is 2.83. The predicted molar refractivity (Wildman–Crippen MR) is 64.3 cm³/mol. The summed E-state index contributed by atoms with van der Waals surface area (Å²) in [4.78, 5) is 0. The topological polar surface area (TPSA) is 38.0 Å². The van der Waals surface area contributed by atoms with Crippen molar-refractivity contribution >= 4 is 11.4 Å². The van der Waals surface area contributed by atoms with Crippen LogP contribution in [0.4, 0.5) is 37.7 Å². The average Bonchev–Trinajstić information content (AvgIpc) is 2.27. The van der Waals surface area contributed by atoms with E-state index in [1.165, 1.54) is 6.07 Å². The SMILES string of the molecule is Nc1cc(C(F)(F)F)ccc1NCCCCC(F)(F)F. The maximum absolute atomic E-state index is 12.4. The standard InChI is InChI=1S/C12H14F6N2/c13-11(14,15)5-1-2-6-20-10-4-3-8(7-9(10)19)12(16,17)18/h3-4,7,20H,1-2,5-6,19H2. The Morgan fingerprint density at radius 2 is 1.65 bits per heavy atom. The van der Waals surface area contributed by atoms with Crippen LogP contribution >= 0.6 is 0 Å². The zero-order valence-electron chi connectivity index (χ0n) is 10.4. The third-order valence-corrected chi connectivity index (χ3v) is 2.58. The Labute approximate surface area is 112 Å². The van der Waals surface area contributed by atoms with Gasteiger partial charge in [-0.3, -0.25) is 0 Å². The Morgan fingerprint density at radius 1 is 1.00 bits per heavy atom. The first-order valence-electron chi connectivity index (χ1n) is 5.87. The van der Waals surface area contributed by atoms with Gasteiger partial charge in [0.2, 0.25) is 0 Å². The normalized spacial score (nSPS) is 12.5. The van der Waals surface area contributed by atoms with Gasteiger partial charge in [-0.15, -0.1) is 0 Å². The van der Waals surface area contributed by atoms with Crippen LogP contribution in [0.1, 0.15) is 24.8 Å². The molecule has 2 nitrogen and oxygen atoms in total. The summed E-state index contributed by atoms with van der Waals surface area (Å²) in [6.45, 7) is 0.214. The minimum absolute atomic E-state index is 0.0446. The van der Waals surface area contributed by atoms with E-state index in [1.807, 2.05) is 0 Å². The van der Waals surface area contributed by atoms with E-state index in [1.54, 1.807) is 0 Å². The molecule has 0 spiro atoms. The van der Waals surface area contributed by atoms with Gasteiger partial charge in [-0.05, 0) is 31.0 Å². The molecule has 3 N–H and O–H groups in total. The number of alkyl halides is 6. The molecule has 0 saturated carbocycles. The number of nitrogen functional groups attached to an aromatic ring is 1. The molecule has 0 saturated heterocycles. The maximum Gasteiger partial charge on any atom is 0.416 e. The molecule has 1 aromatic rings. The van der Waals surface area contributed by atoms with Gasteiger partial charge in [0, 0.05) is 13.0 Å². The second-order valence-electron chi connectivity index (χ2n) is 4.30.